The minimum Gasteiger partial charge on any atom is -0.479 e. The summed E-state index contributed by atoms with van der Waals surface area (Å²) in [5.41, 5.74) is 6.39. The predicted octanol–water partition coefficient (Wildman–Crippen LogP) is 0.356. The third kappa shape index (κ3) is 1.79. The summed E-state index contributed by atoms with van der Waals surface area (Å²) in [5.74, 6) is 0.387. The van der Waals surface area contributed by atoms with Gasteiger partial charge in [0.25, 0.3) is 5.91 Å². The highest BCUT2D eigenvalue weighted by molar-refractivity contribution is 5.97. The van der Waals surface area contributed by atoms with Gasteiger partial charge < -0.3 is 20.9 Å². The number of anilines is 1. The fraction of sp³-hybridized carbons (Fsp3) is 0.300. The molecule has 4 N–H and O–H groups in total. The molecule has 1 aromatic rings. The lowest BCUT2D eigenvalue weighted by molar-refractivity contribution is -0.122. The fourth-order valence-corrected chi connectivity index (χ4v) is 1.41. The van der Waals surface area contributed by atoms with Crippen molar-refractivity contribution in [3.63, 3.8) is 0 Å². The normalized spacial score (nSPS) is 21.3. The van der Waals surface area contributed by atoms with Gasteiger partial charge in [-0.15, -0.1) is 0 Å². The average molecular weight is 208 g/mol. The van der Waals surface area contributed by atoms with Crippen molar-refractivity contribution < 1.29 is 14.6 Å². The number of rotatable bonds is 1. The number of aliphatic hydroxyl groups excluding tert-OH is 1. The van der Waals surface area contributed by atoms with E-state index in [1.807, 2.05) is 0 Å². The minimum atomic E-state index is -1.05. The van der Waals surface area contributed by atoms with Crippen LogP contribution in [0, 0.1) is 0 Å². The molecule has 0 fully saturated rings. The summed E-state index contributed by atoms with van der Waals surface area (Å²) in [4.78, 5) is 11.3. The zero-order valence-corrected chi connectivity index (χ0v) is 8.23. The molecule has 0 bridgehead atoms. The molecule has 1 amide bonds. The summed E-state index contributed by atoms with van der Waals surface area (Å²) in [6.45, 7) is 1.67. The highest BCUT2D eigenvalue weighted by Gasteiger charge is 2.23. The van der Waals surface area contributed by atoms with Crippen LogP contribution in [0.1, 0.15) is 18.7 Å². The van der Waals surface area contributed by atoms with Gasteiger partial charge in [0.05, 0.1) is 5.69 Å². The summed E-state index contributed by atoms with van der Waals surface area (Å²) >= 11 is 0. The van der Waals surface area contributed by atoms with Crippen LogP contribution in [-0.2, 0) is 4.79 Å². The first-order chi connectivity index (χ1) is 7.08. The molecule has 0 spiro atoms. The van der Waals surface area contributed by atoms with E-state index in [0.717, 1.165) is 0 Å². The second-order valence-corrected chi connectivity index (χ2v) is 3.45. The van der Waals surface area contributed by atoms with Gasteiger partial charge >= 0.3 is 0 Å². The van der Waals surface area contributed by atoms with Crippen LogP contribution in [-0.4, -0.2) is 17.1 Å². The van der Waals surface area contributed by atoms with E-state index in [-0.39, 0.29) is 5.91 Å². The summed E-state index contributed by atoms with van der Waals surface area (Å²) in [6.07, 6.45) is -1.54. The molecule has 0 saturated heterocycles. The van der Waals surface area contributed by atoms with Crippen LogP contribution in [0.25, 0.3) is 0 Å². The highest BCUT2D eigenvalue weighted by Crippen LogP contribution is 2.31. The molecule has 0 aliphatic carbocycles. The van der Waals surface area contributed by atoms with Crippen LogP contribution in [0.3, 0.4) is 0 Å². The van der Waals surface area contributed by atoms with Crippen LogP contribution in [0.4, 0.5) is 5.69 Å². The number of nitrogens with two attached hydrogens (primary N) is 1. The number of aliphatic hydroxyl groups is 1. The Morgan fingerprint density at radius 3 is 3.00 bits per heavy atom. The topological polar surface area (TPSA) is 84.6 Å². The molecule has 1 aliphatic heterocycles. The van der Waals surface area contributed by atoms with Crippen molar-refractivity contribution in [1.29, 1.82) is 0 Å². The van der Waals surface area contributed by atoms with E-state index in [9.17, 15) is 4.79 Å². The van der Waals surface area contributed by atoms with Crippen LogP contribution in [0.2, 0.25) is 0 Å². The molecule has 5 heteroatoms. The quantitative estimate of drug-likeness (QED) is 0.581. The van der Waals surface area contributed by atoms with E-state index >= 15 is 0 Å². The number of amides is 1. The van der Waals surface area contributed by atoms with Crippen molar-refractivity contribution in [3.05, 3.63) is 23.8 Å². The Hall–Kier alpha value is -1.59. The van der Waals surface area contributed by atoms with Crippen molar-refractivity contribution in [3.8, 4) is 5.75 Å². The summed E-state index contributed by atoms with van der Waals surface area (Å²) in [5, 5.41) is 11.8. The molecule has 5 nitrogen and oxygen atoms in total. The van der Waals surface area contributed by atoms with Gasteiger partial charge in [0.15, 0.2) is 6.10 Å². The Morgan fingerprint density at radius 1 is 1.60 bits per heavy atom. The zero-order chi connectivity index (χ0) is 11.0. The standard InChI is InChI=1S/C10H12N2O3/c1-5-10(14)12-7-4-6(9(11)13)2-3-8(7)15-5/h2-5,9,13H,11H2,1H3,(H,12,14). The summed E-state index contributed by atoms with van der Waals surface area (Å²) < 4.78 is 5.34. The average Bonchev–Trinajstić information content (AvgIpc) is 2.19. The van der Waals surface area contributed by atoms with Crippen LogP contribution >= 0.6 is 0 Å². The fourth-order valence-electron chi connectivity index (χ4n) is 1.41. The molecule has 15 heavy (non-hydrogen) atoms. The Balaban J connectivity index is 2.37. The number of hydrogen-bond acceptors (Lipinski definition) is 4. The van der Waals surface area contributed by atoms with Gasteiger partial charge in [-0.2, -0.15) is 0 Å². The van der Waals surface area contributed by atoms with Gasteiger partial charge in [-0.3, -0.25) is 4.79 Å². The lowest BCUT2D eigenvalue weighted by atomic mass is 10.1. The Bertz CT molecular complexity index is 404. The highest BCUT2D eigenvalue weighted by atomic mass is 16.5. The molecule has 1 heterocycles. The Labute approximate surface area is 86.8 Å². The maximum atomic E-state index is 11.3. The molecule has 1 aliphatic rings. The molecule has 2 atom stereocenters. The van der Waals surface area contributed by atoms with Gasteiger partial charge in [0.1, 0.15) is 12.0 Å². The number of hydrogen-bond donors (Lipinski definition) is 3. The molecular formula is C10H12N2O3. The number of ether oxygens (including phenoxy) is 1. The Kier molecular flexibility index (Phi) is 2.34. The second-order valence-electron chi connectivity index (χ2n) is 3.45. The summed E-state index contributed by atoms with van der Waals surface area (Å²) in [7, 11) is 0. The lowest BCUT2D eigenvalue weighted by Crippen LogP contribution is -2.34. The van der Waals surface area contributed by atoms with Crippen molar-refractivity contribution >= 4 is 11.6 Å². The van der Waals surface area contributed by atoms with Crippen LogP contribution in [0.5, 0.6) is 5.75 Å². The van der Waals surface area contributed by atoms with Gasteiger partial charge in [-0.1, -0.05) is 6.07 Å². The minimum absolute atomic E-state index is 0.203. The van der Waals surface area contributed by atoms with Crippen molar-refractivity contribution in [2.24, 2.45) is 5.73 Å². The van der Waals surface area contributed by atoms with Gasteiger partial charge in [-0.25, -0.2) is 0 Å². The molecule has 2 unspecified atom stereocenters. The number of carbonyl (C=O) groups is 1. The first kappa shape index (κ1) is 9.95. The molecular weight excluding hydrogens is 196 g/mol. The van der Waals surface area contributed by atoms with Crippen molar-refractivity contribution in [1.82, 2.24) is 0 Å². The second kappa shape index (κ2) is 3.52. The lowest BCUT2D eigenvalue weighted by Gasteiger charge is -2.23. The first-order valence-electron chi connectivity index (χ1n) is 4.63. The molecule has 0 aromatic heterocycles. The van der Waals surface area contributed by atoms with Crippen molar-refractivity contribution in [2.75, 3.05) is 5.32 Å². The SMILES string of the molecule is CC1Oc2ccc(C(N)O)cc2NC1=O. The number of benzene rings is 1. The van der Waals surface area contributed by atoms with Gasteiger partial charge in [0, 0.05) is 0 Å². The van der Waals surface area contributed by atoms with Crippen LogP contribution < -0.4 is 15.8 Å². The number of carbonyl (C=O) groups excluding carboxylic acids is 1. The van der Waals surface area contributed by atoms with E-state index in [0.29, 0.717) is 17.0 Å². The van der Waals surface area contributed by atoms with Crippen LogP contribution in [0.15, 0.2) is 18.2 Å². The number of fused-ring (bicyclic) bond motifs is 1. The molecule has 80 valence electrons. The third-order valence-electron chi connectivity index (χ3n) is 2.28. The predicted molar refractivity (Wildman–Crippen MR) is 54.3 cm³/mol. The van der Waals surface area contributed by atoms with Crippen molar-refractivity contribution in [2.45, 2.75) is 19.3 Å². The number of nitrogens with one attached hydrogen (secondary N) is 1. The van der Waals surface area contributed by atoms with E-state index in [1.165, 1.54) is 0 Å². The largest absolute Gasteiger partial charge is 0.479 e. The molecule has 0 saturated carbocycles. The smallest absolute Gasteiger partial charge is 0.265 e. The first-order valence-corrected chi connectivity index (χ1v) is 4.63. The van der Waals surface area contributed by atoms with E-state index in [2.05, 4.69) is 5.32 Å². The molecule has 2 rings (SSSR count). The third-order valence-corrected chi connectivity index (χ3v) is 2.28. The molecule has 0 radical (unpaired) electrons. The summed E-state index contributed by atoms with van der Waals surface area (Å²) in [6, 6.07) is 4.94. The van der Waals surface area contributed by atoms with Gasteiger partial charge in [0.2, 0.25) is 0 Å². The van der Waals surface area contributed by atoms with E-state index < -0.39 is 12.3 Å². The zero-order valence-electron chi connectivity index (χ0n) is 8.23. The maximum Gasteiger partial charge on any atom is 0.265 e. The van der Waals surface area contributed by atoms with Gasteiger partial charge in [-0.05, 0) is 24.6 Å². The van der Waals surface area contributed by atoms with E-state index in [1.54, 1.807) is 25.1 Å². The molecule has 1 aromatic carbocycles. The van der Waals surface area contributed by atoms with E-state index in [4.69, 9.17) is 15.6 Å². The Morgan fingerprint density at radius 2 is 2.33 bits per heavy atom. The monoisotopic (exact) mass is 208 g/mol. The maximum absolute atomic E-state index is 11.3.